The van der Waals surface area contributed by atoms with Gasteiger partial charge in [0.05, 0.1) is 47.4 Å². The third-order valence-corrected chi connectivity index (χ3v) is 6.02. The molecule has 12 heteroatoms. The van der Waals surface area contributed by atoms with E-state index in [1.807, 2.05) is 24.3 Å². The number of nitrogens with zero attached hydrogens (tertiary/aromatic N) is 4. The van der Waals surface area contributed by atoms with Crippen LogP contribution < -0.4 is 5.32 Å². The molecule has 1 atom stereocenters. The van der Waals surface area contributed by atoms with E-state index in [9.17, 15) is 22.8 Å². The van der Waals surface area contributed by atoms with Gasteiger partial charge >= 0.3 is 18.0 Å². The molecule has 1 aliphatic carbocycles. The number of aromatic nitrogens is 4. The number of H-pyrrole nitrogens is 1. The van der Waals surface area contributed by atoms with Crippen molar-refractivity contribution in [3.8, 4) is 0 Å². The Balaban J connectivity index is 0.00000304. The van der Waals surface area contributed by atoms with E-state index in [1.54, 1.807) is 6.20 Å². The van der Waals surface area contributed by atoms with Crippen molar-refractivity contribution in [3.05, 3.63) is 83.6 Å². The summed E-state index contributed by atoms with van der Waals surface area (Å²) in [5.41, 5.74) is 2.12. The van der Waals surface area contributed by atoms with Gasteiger partial charge in [0.25, 0.3) is 0 Å². The summed E-state index contributed by atoms with van der Waals surface area (Å²) in [5.74, 6) is -1.73. The molecule has 2 N–H and O–H groups in total. The smallest absolute Gasteiger partial charge is 0.321 e. The van der Waals surface area contributed by atoms with Crippen molar-refractivity contribution < 1.29 is 22.8 Å². The van der Waals surface area contributed by atoms with E-state index < -0.39 is 29.6 Å². The molecule has 0 radical (unpaired) electrons. The average molecular weight is 517 g/mol. The Kier molecular flexibility index (Phi) is 6.93. The number of aromatic amines is 1. The topological polar surface area (TPSA) is 104 Å². The first kappa shape index (κ1) is 25.1. The number of carbonyl (C=O) groups excluding carboxylic acids is 2. The van der Waals surface area contributed by atoms with E-state index in [2.05, 4.69) is 25.5 Å². The van der Waals surface area contributed by atoms with Crippen LogP contribution in [0.3, 0.4) is 0 Å². The molecule has 1 aromatic carbocycles. The van der Waals surface area contributed by atoms with E-state index in [0.717, 1.165) is 23.4 Å². The van der Waals surface area contributed by atoms with Gasteiger partial charge in [-0.3, -0.25) is 24.7 Å². The number of alkyl halides is 3. The predicted octanol–water partition coefficient (Wildman–Crippen LogP) is 4.45. The number of rotatable bonds is 4. The van der Waals surface area contributed by atoms with Gasteiger partial charge in [-0.1, -0.05) is 24.3 Å². The Morgan fingerprint density at radius 2 is 1.89 bits per heavy atom. The van der Waals surface area contributed by atoms with Crippen LogP contribution in [0.25, 0.3) is 10.9 Å². The highest BCUT2D eigenvalue weighted by molar-refractivity contribution is 6.40. The minimum Gasteiger partial charge on any atom is -0.321 e. The number of hydrogen-bond acceptors (Lipinski definition) is 5. The number of hydrogen-bond donors (Lipinski definition) is 2. The lowest BCUT2D eigenvalue weighted by atomic mass is 10.1. The predicted molar refractivity (Wildman–Crippen MR) is 127 cm³/mol. The molecule has 1 aliphatic rings. The summed E-state index contributed by atoms with van der Waals surface area (Å²) in [6.07, 6.45) is 2.00. The van der Waals surface area contributed by atoms with E-state index in [4.69, 9.17) is 0 Å². The number of benzene rings is 1. The van der Waals surface area contributed by atoms with Crippen LogP contribution in [0.4, 0.5) is 18.9 Å². The van der Waals surface area contributed by atoms with Crippen molar-refractivity contribution in [2.45, 2.75) is 31.6 Å². The maximum Gasteiger partial charge on any atom is 0.417 e. The van der Waals surface area contributed by atoms with Crippen molar-refractivity contribution in [1.29, 1.82) is 0 Å². The number of carbonyl (C=O) groups is 2. The number of pyridine rings is 2. The maximum absolute atomic E-state index is 13.4. The molecule has 8 nitrogen and oxygen atoms in total. The second-order valence-electron chi connectivity index (χ2n) is 8.20. The number of fused-ring (bicyclic) bond motifs is 2. The van der Waals surface area contributed by atoms with Crippen molar-refractivity contribution in [2.24, 2.45) is 0 Å². The number of nitrogens with one attached hydrogen (secondary N) is 2. The Labute approximate surface area is 209 Å². The SMILES string of the molecule is Cl.O=C(Nc1cncc2cn[nH]c12)C(=O)N(Cc1ccc(C(F)(F)F)cn1)[C@@H]1CCc2ccccc21. The largest absolute Gasteiger partial charge is 0.417 e. The standard InChI is InChI=1S/C24H19F3N6O2.ClH/c25-24(26,27)16-6-7-17(29-11-16)13-33(20-8-5-14-3-1-2-4-18(14)20)23(35)22(34)31-19-12-28-9-15-10-30-32-21(15)19;/h1-4,6-7,9-12,20H,5,8,13H2,(H,30,32)(H,31,34);1H/t20-;/m1./s1. The maximum atomic E-state index is 13.4. The second-order valence-corrected chi connectivity index (χ2v) is 8.20. The summed E-state index contributed by atoms with van der Waals surface area (Å²) in [7, 11) is 0. The molecule has 3 aromatic heterocycles. The Bertz CT molecular complexity index is 1410. The molecule has 0 bridgehead atoms. The lowest BCUT2D eigenvalue weighted by molar-refractivity contribution is -0.145. The molecule has 0 saturated carbocycles. The first-order valence-corrected chi connectivity index (χ1v) is 10.8. The molecule has 2 amide bonds. The average Bonchev–Trinajstić information content (AvgIpc) is 3.50. The van der Waals surface area contributed by atoms with Gasteiger partial charge < -0.3 is 10.2 Å². The molecule has 36 heavy (non-hydrogen) atoms. The van der Waals surface area contributed by atoms with E-state index in [-0.39, 0.29) is 30.3 Å². The molecule has 186 valence electrons. The van der Waals surface area contributed by atoms with Gasteiger partial charge in [-0.2, -0.15) is 18.3 Å². The number of aryl methyl sites for hydroxylation is 1. The Hall–Kier alpha value is -3.99. The van der Waals surface area contributed by atoms with Crippen LogP contribution in [0.5, 0.6) is 0 Å². The van der Waals surface area contributed by atoms with Gasteiger partial charge in [0.1, 0.15) is 0 Å². The van der Waals surface area contributed by atoms with Crippen molar-refractivity contribution in [1.82, 2.24) is 25.1 Å². The van der Waals surface area contributed by atoms with Crippen LogP contribution in [0.2, 0.25) is 0 Å². The van der Waals surface area contributed by atoms with Crippen LogP contribution in [-0.4, -0.2) is 36.9 Å². The minimum atomic E-state index is -4.52. The Morgan fingerprint density at radius 1 is 1.08 bits per heavy atom. The first-order valence-electron chi connectivity index (χ1n) is 10.8. The highest BCUT2D eigenvalue weighted by atomic mass is 35.5. The van der Waals surface area contributed by atoms with Crippen LogP contribution in [0.1, 0.15) is 34.8 Å². The first-order chi connectivity index (χ1) is 16.8. The lowest BCUT2D eigenvalue weighted by Crippen LogP contribution is -2.41. The van der Waals surface area contributed by atoms with Crippen LogP contribution in [0.15, 0.2) is 61.2 Å². The molecule has 0 fully saturated rings. The van der Waals surface area contributed by atoms with E-state index in [1.165, 1.54) is 23.4 Å². The molecule has 3 heterocycles. The fraction of sp³-hybridized carbons (Fsp3) is 0.208. The molecular formula is C24H20ClF3N6O2. The summed E-state index contributed by atoms with van der Waals surface area (Å²) < 4.78 is 38.9. The quantitative estimate of drug-likeness (QED) is 0.390. The third kappa shape index (κ3) is 4.87. The molecular weight excluding hydrogens is 497 g/mol. The fourth-order valence-corrected chi connectivity index (χ4v) is 4.31. The molecule has 4 aromatic rings. The lowest BCUT2D eigenvalue weighted by Gasteiger charge is -2.29. The summed E-state index contributed by atoms with van der Waals surface area (Å²) >= 11 is 0. The minimum absolute atomic E-state index is 0. The summed E-state index contributed by atoms with van der Waals surface area (Å²) in [6.45, 7) is -0.129. The molecule has 0 saturated heterocycles. The van der Waals surface area contributed by atoms with E-state index in [0.29, 0.717) is 23.7 Å². The summed E-state index contributed by atoms with van der Waals surface area (Å²) in [5, 5.41) is 9.91. The molecule has 0 spiro atoms. The van der Waals surface area contributed by atoms with Gasteiger partial charge in [-0.05, 0) is 36.1 Å². The number of anilines is 1. The van der Waals surface area contributed by atoms with Gasteiger partial charge in [0, 0.05) is 17.8 Å². The van der Waals surface area contributed by atoms with Gasteiger partial charge in [-0.15, -0.1) is 12.4 Å². The zero-order valence-corrected chi connectivity index (χ0v) is 19.4. The monoisotopic (exact) mass is 516 g/mol. The van der Waals surface area contributed by atoms with Gasteiger partial charge in [-0.25, -0.2) is 0 Å². The van der Waals surface area contributed by atoms with Crippen LogP contribution in [0, 0.1) is 0 Å². The number of amides is 2. The van der Waals surface area contributed by atoms with Crippen molar-refractivity contribution in [3.63, 3.8) is 0 Å². The molecule has 0 aliphatic heterocycles. The van der Waals surface area contributed by atoms with E-state index >= 15 is 0 Å². The van der Waals surface area contributed by atoms with Crippen molar-refractivity contribution >= 4 is 40.8 Å². The van der Waals surface area contributed by atoms with Gasteiger partial charge in [0.15, 0.2) is 0 Å². The van der Waals surface area contributed by atoms with Crippen molar-refractivity contribution in [2.75, 3.05) is 5.32 Å². The fourth-order valence-electron chi connectivity index (χ4n) is 4.31. The molecule has 0 unspecified atom stereocenters. The zero-order valence-electron chi connectivity index (χ0n) is 18.6. The van der Waals surface area contributed by atoms with Crippen LogP contribution >= 0.6 is 12.4 Å². The van der Waals surface area contributed by atoms with Gasteiger partial charge in [0.2, 0.25) is 0 Å². The normalized spacial score (nSPS) is 14.7. The highest BCUT2D eigenvalue weighted by Gasteiger charge is 2.35. The Morgan fingerprint density at radius 3 is 2.64 bits per heavy atom. The zero-order chi connectivity index (χ0) is 24.6. The number of halogens is 4. The molecule has 5 rings (SSSR count). The van der Waals surface area contributed by atoms with Crippen LogP contribution in [-0.2, 0) is 28.7 Å². The summed E-state index contributed by atoms with van der Waals surface area (Å²) in [4.78, 5) is 35.7. The summed E-state index contributed by atoms with van der Waals surface area (Å²) in [6, 6.07) is 9.31. The highest BCUT2D eigenvalue weighted by Crippen LogP contribution is 2.37. The second kappa shape index (κ2) is 9.94. The third-order valence-electron chi connectivity index (χ3n) is 6.02.